The molecule has 0 saturated carbocycles. The van der Waals surface area contributed by atoms with Gasteiger partial charge in [0.15, 0.2) is 0 Å². The van der Waals surface area contributed by atoms with Crippen LogP contribution in [-0.2, 0) is 4.79 Å². The van der Waals surface area contributed by atoms with Crippen molar-refractivity contribution in [2.75, 3.05) is 19.6 Å². The van der Waals surface area contributed by atoms with Crippen molar-refractivity contribution >= 4 is 22.7 Å². The lowest BCUT2D eigenvalue weighted by Crippen LogP contribution is -2.47. The molecule has 2 fully saturated rings. The molecule has 3 N–H and O–H groups in total. The molecule has 7 nitrogen and oxygen atoms in total. The molecule has 7 heteroatoms. The van der Waals surface area contributed by atoms with Crippen molar-refractivity contribution in [2.45, 2.75) is 31.3 Å². The number of nitrogens with one attached hydrogen (secondary N) is 3. The lowest BCUT2D eigenvalue weighted by Gasteiger charge is -2.28. The Kier molecular flexibility index (Phi) is 4.46. The Balaban J connectivity index is 1.46. The summed E-state index contributed by atoms with van der Waals surface area (Å²) in [6.45, 7) is 1.64. The predicted octanol–water partition coefficient (Wildman–Crippen LogP) is 0.611. The van der Waals surface area contributed by atoms with Gasteiger partial charge in [0.2, 0.25) is 11.3 Å². The number of amides is 2. The predicted molar refractivity (Wildman–Crippen MR) is 98.0 cm³/mol. The number of fused-ring (bicyclic) bond motifs is 3. The summed E-state index contributed by atoms with van der Waals surface area (Å²) in [5.74, 6) is -0.600. The van der Waals surface area contributed by atoms with E-state index in [1.807, 2.05) is 11.0 Å². The molecule has 26 heavy (non-hydrogen) atoms. The molecular weight excluding hydrogens is 332 g/mol. The number of rotatable bonds is 3. The maximum absolute atomic E-state index is 12.6. The van der Waals surface area contributed by atoms with Crippen LogP contribution in [0, 0.1) is 0 Å². The highest BCUT2D eigenvalue weighted by Crippen LogP contribution is 2.27. The van der Waals surface area contributed by atoms with Gasteiger partial charge in [-0.15, -0.1) is 0 Å². The summed E-state index contributed by atoms with van der Waals surface area (Å²) in [7, 11) is 0. The topological polar surface area (TPSA) is 94.3 Å². The molecule has 2 aliphatic rings. The second-order valence-corrected chi connectivity index (χ2v) is 6.94. The zero-order chi connectivity index (χ0) is 18.1. The van der Waals surface area contributed by atoms with Gasteiger partial charge in [0, 0.05) is 35.7 Å². The lowest BCUT2D eigenvalue weighted by atomic mass is 10.1. The van der Waals surface area contributed by atoms with Crippen molar-refractivity contribution < 1.29 is 9.59 Å². The summed E-state index contributed by atoms with van der Waals surface area (Å²) in [5, 5.41) is 6.43. The third-order valence-corrected chi connectivity index (χ3v) is 5.38. The highest BCUT2D eigenvalue weighted by atomic mass is 16.2. The van der Waals surface area contributed by atoms with E-state index in [2.05, 4.69) is 15.6 Å². The van der Waals surface area contributed by atoms with Crippen LogP contribution in [0.15, 0.2) is 35.3 Å². The Labute approximate surface area is 150 Å². The molecular formula is C19H22N4O3. The summed E-state index contributed by atoms with van der Waals surface area (Å²) >= 11 is 0. The van der Waals surface area contributed by atoms with E-state index in [1.54, 1.807) is 18.2 Å². The number of aromatic amines is 1. The third kappa shape index (κ3) is 2.99. The van der Waals surface area contributed by atoms with E-state index in [1.165, 1.54) is 6.20 Å². The van der Waals surface area contributed by atoms with E-state index in [0.29, 0.717) is 10.9 Å². The fourth-order valence-corrected chi connectivity index (χ4v) is 4.07. The van der Waals surface area contributed by atoms with Gasteiger partial charge in [0.05, 0.1) is 6.54 Å². The zero-order valence-corrected chi connectivity index (χ0v) is 14.5. The number of carbonyl (C=O) groups is 2. The van der Waals surface area contributed by atoms with Gasteiger partial charge in [-0.1, -0.05) is 12.1 Å². The highest BCUT2D eigenvalue weighted by molar-refractivity contribution is 5.98. The van der Waals surface area contributed by atoms with Gasteiger partial charge in [-0.2, -0.15) is 0 Å². The largest absolute Gasteiger partial charge is 0.360 e. The van der Waals surface area contributed by atoms with Crippen molar-refractivity contribution in [3.05, 3.63) is 46.2 Å². The number of aromatic nitrogens is 1. The number of pyridine rings is 1. The minimum absolute atomic E-state index is 0.0250. The van der Waals surface area contributed by atoms with Crippen LogP contribution in [0.2, 0.25) is 0 Å². The van der Waals surface area contributed by atoms with Gasteiger partial charge in [-0.05, 0) is 37.9 Å². The zero-order valence-electron chi connectivity index (χ0n) is 14.5. The van der Waals surface area contributed by atoms with Gasteiger partial charge in [0.25, 0.3) is 5.91 Å². The van der Waals surface area contributed by atoms with Crippen LogP contribution in [-0.4, -0.2) is 53.4 Å². The minimum atomic E-state index is -0.523. The first kappa shape index (κ1) is 16.8. The minimum Gasteiger partial charge on any atom is -0.360 e. The van der Waals surface area contributed by atoms with E-state index in [-0.39, 0.29) is 35.5 Å². The van der Waals surface area contributed by atoms with Crippen LogP contribution < -0.4 is 16.1 Å². The Morgan fingerprint density at radius 3 is 2.85 bits per heavy atom. The molecule has 2 unspecified atom stereocenters. The number of hydrogen-bond donors (Lipinski definition) is 3. The van der Waals surface area contributed by atoms with E-state index in [9.17, 15) is 14.4 Å². The molecule has 136 valence electrons. The molecule has 0 radical (unpaired) electrons. The second-order valence-electron chi connectivity index (χ2n) is 6.94. The highest BCUT2D eigenvalue weighted by Gasteiger charge is 2.37. The molecule has 4 rings (SSSR count). The molecule has 1 aromatic heterocycles. The van der Waals surface area contributed by atoms with Gasteiger partial charge in [0.1, 0.15) is 5.56 Å². The number of hydrogen-bond acceptors (Lipinski definition) is 4. The smallest absolute Gasteiger partial charge is 0.257 e. The van der Waals surface area contributed by atoms with Gasteiger partial charge in [-0.3, -0.25) is 14.4 Å². The molecule has 0 spiro atoms. The number of carbonyl (C=O) groups excluding carboxylic acids is 2. The average molecular weight is 354 g/mol. The molecule has 2 amide bonds. The molecule has 0 aliphatic carbocycles. The number of nitrogens with zero attached hydrogens (tertiary/aromatic N) is 1. The van der Waals surface area contributed by atoms with Crippen LogP contribution in [0.3, 0.4) is 0 Å². The van der Waals surface area contributed by atoms with Gasteiger partial charge < -0.3 is 20.5 Å². The summed E-state index contributed by atoms with van der Waals surface area (Å²) < 4.78 is 0. The normalized spacial score (nSPS) is 22.2. The molecule has 2 bridgehead atoms. The quantitative estimate of drug-likeness (QED) is 0.753. The first-order chi connectivity index (χ1) is 12.6. The van der Waals surface area contributed by atoms with Crippen molar-refractivity contribution in [1.82, 2.24) is 20.5 Å². The van der Waals surface area contributed by atoms with Crippen molar-refractivity contribution in [3.8, 4) is 0 Å². The first-order valence-electron chi connectivity index (χ1n) is 9.05. The molecule has 2 aliphatic heterocycles. The Hall–Kier alpha value is -2.67. The summed E-state index contributed by atoms with van der Waals surface area (Å²) in [6.07, 6.45) is 4.38. The molecule has 3 heterocycles. The number of para-hydroxylation sites is 1. The molecule has 1 aromatic carbocycles. The maximum Gasteiger partial charge on any atom is 0.257 e. The average Bonchev–Trinajstić information content (AvgIpc) is 2.92. The fraction of sp³-hybridized carbons (Fsp3) is 0.421. The van der Waals surface area contributed by atoms with Crippen LogP contribution in [0.1, 0.15) is 29.6 Å². The summed E-state index contributed by atoms with van der Waals surface area (Å²) in [5.41, 5.74) is 0.374. The molecule has 2 aromatic rings. The SMILES string of the molecule is O=C(NCC(=O)N1C2CCNCC1CC2)c1c[nH]c2ccccc2c1=O. The Bertz CT molecular complexity index is 893. The van der Waals surface area contributed by atoms with E-state index in [4.69, 9.17) is 0 Å². The van der Waals surface area contributed by atoms with Crippen molar-refractivity contribution in [3.63, 3.8) is 0 Å². The summed E-state index contributed by atoms with van der Waals surface area (Å²) in [6, 6.07) is 7.50. The first-order valence-corrected chi connectivity index (χ1v) is 9.05. The molecule has 2 atom stereocenters. The lowest BCUT2D eigenvalue weighted by molar-refractivity contribution is -0.132. The van der Waals surface area contributed by atoms with E-state index >= 15 is 0 Å². The number of H-pyrrole nitrogens is 1. The van der Waals surface area contributed by atoms with Crippen molar-refractivity contribution in [1.29, 1.82) is 0 Å². The van der Waals surface area contributed by atoms with E-state index in [0.717, 1.165) is 32.4 Å². The maximum atomic E-state index is 12.6. The van der Waals surface area contributed by atoms with E-state index < -0.39 is 5.91 Å². The second kappa shape index (κ2) is 6.92. The summed E-state index contributed by atoms with van der Waals surface area (Å²) in [4.78, 5) is 42.4. The Morgan fingerprint density at radius 2 is 1.96 bits per heavy atom. The van der Waals surface area contributed by atoms with Crippen LogP contribution in [0.25, 0.3) is 10.9 Å². The van der Waals surface area contributed by atoms with Gasteiger partial charge >= 0.3 is 0 Å². The van der Waals surface area contributed by atoms with Crippen molar-refractivity contribution in [2.24, 2.45) is 0 Å². The third-order valence-electron chi connectivity index (χ3n) is 5.38. The Morgan fingerprint density at radius 1 is 1.15 bits per heavy atom. The standard InChI is InChI=1S/C19H22N4O3/c24-17(23-12-5-6-13(23)9-20-8-7-12)11-22-19(26)15-10-21-16-4-2-1-3-14(16)18(15)25/h1-4,10,12-13,20H,5-9,11H2,(H,21,25)(H,22,26). The van der Waals surface area contributed by atoms with Crippen LogP contribution >= 0.6 is 0 Å². The van der Waals surface area contributed by atoms with Gasteiger partial charge in [-0.25, -0.2) is 0 Å². The fourth-order valence-electron chi connectivity index (χ4n) is 4.07. The molecule has 2 saturated heterocycles. The number of benzene rings is 1. The van der Waals surface area contributed by atoms with Crippen LogP contribution in [0.5, 0.6) is 0 Å². The monoisotopic (exact) mass is 354 g/mol. The van der Waals surface area contributed by atoms with Crippen LogP contribution in [0.4, 0.5) is 0 Å².